The average Bonchev–Trinajstić information content (AvgIpc) is 2.69. The Hall–Kier alpha value is -2.50. The molecule has 3 rings (SSSR count). The smallest absolute Gasteiger partial charge is 0.227 e. The molecular weight excluding hydrogens is 316 g/mol. The quantitative estimate of drug-likeness (QED) is 0.834. The minimum Gasteiger partial charge on any atom is -0.493 e. The second-order valence-corrected chi connectivity index (χ2v) is 6.16. The Kier molecular flexibility index (Phi) is 5.93. The first kappa shape index (κ1) is 17.3. The number of nitrogens with zero attached hydrogens (tertiary/aromatic N) is 3. The molecule has 0 spiro atoms. The van der Waals surface area contributed by atoms with Crippen LogP contribution in [0.5, 0.6) is 11.5 Å². The van der Waals surface area contributed by atoms with E-state index in [1.165, 1.54) is 24.8 Å². The highest BCUT2D eigenvalue weighted by Crippen LogP contribution is 2.27. The molecule has 25 heavy (non-hydrogen) atoms. The molecule has 134 valence electrons. The monoisotopic (exact) mass is 342 g/mol. The van der Waals surface area contributed by atoms with Crippen LogP contribution in [0.15, 0.2) is 30.5 Å². The van der Waals surface area contributed by atoms with Crippen molar-refractivity contribution in [1.29, 1.82) is 0 Å². The summed E-state index contributed by atoms with van der Waals surface area (Å²) in [6.07, 6.45) is 6.46. The molecule has 0 unspecified atom stereocenters. The number of rotatable bonds is 7. The van der Waals surface area contributed by atoms with Gasteiger partial charge in [-0.05, 0) is 49.4 Å². The average molecular weight is 342 g/mol. The van der Waals surface area contributed by atoms with Gasteiger partial charge in [0.1, 0.15) is 5.82 Å². The van der Waals surface area contributed by atoms with E-state index >= 15 is 0 Å². The van der Waals surface area contributed by atoms with Gasteiger partial charge in [-0.2, -0.15) is 4.98 Å². The number of piperidine rings is 1. The molecule has 1 fully saturated rings. The standard InChI is InChI=1S/C19H26N4O2/c1-24-16-7-6-15(14-17(16)25-2)8-10-20-18-9-11-21-19(22-18)23-12-4-3-5-13-23/h6-7,9,11,14H,3-5,8,10,12-13H2,1-2H3,(H,20,21,22). The summed E-state index contributed by atoms with van der Waals surface area (Å²) in [4.78, 5) is 11.3. The Morgan fingerprint density at radius 3 is 2.60 bits per heavy atom. The van der Waals surface area contributed by atoms with Gasteiger partial charge in [0.15, 0.2) is 11.5 Å². The van der Waals surface area contributed by atoms with E-state index in [-0.39, 0.29) is 0 Å². The molecule has 0 saturated carbocycles. The minimum atomic E-state index is 0.751. The Morgan fingerprint density at radius 1 is 1.04 bits per heavy atom. The molecule has 2 heterocycles. The number of aromatic nitrogens is 2. The molecule has 1 aromatic carbocycles. The SMILES string of the molecule is COc1ccc(CCNc2ccnc(N3CCCCC3)n2)cc1OC. The van der Waals surface area contributed by atoms with Crippen molar-refractivity contribution in [3.8, 4) is 11.5 Å². The van der Waals surface area contributed by atoms with Crippen LogP contribution in [0, 0.1) is 0 Å². The molecule has 1 aliphatic heterocycles. The van der Waals surface area contributed by atoms with E-state index in [1.54, 1.807) is 14.2 Å². The van der Waals surface area contributed by atoms with Gasteiger partial charge in [-0.15, -0.1) is 0 Å². The zero-order valence-electron chi connectivity index (χ0n) is 15.0. The Morgan fingerprint density at radius 2 is 1.84 bits per heavy atom. The highest BCUT2D eigenvalue weighted by molar-refractivity contribution is 5.44. The van der Waals surface area contributed by atoms with Crippen LogP contribution in [-0.2, 0) is 6.42 Å². The van der Waals surface area contributed by atoms with Crippen LogP contribution in [0.1, 0.15) is 24.8 Å². The lowest BCUT2D eigenvalue weighted by molar-refractivity contribution is 0.354. The maximum atomic E-state index is 5.35. The fourth-order valence-corrected chi connectivity index (χ4v) is 3.06. The fraction of sp³-hybridized carbons (Fsp3) is 0.474. The van der Waals surface area contributed by atoms with Crippen molar-refractivity contribution in [3.63, 3.8) is 0 Å². The number of hydrogen-bond acceptors (Lipinski definition) is 6. The molecule has 1 saturated heterocycles. The lowest BCUT2D eigenvalue weighted by atomic mass is 10.1. The van der Waals surface area contributed by atoms with Gasteiger partial charge in [-0.1, -0.05) is 6.07 Å². The van der Waals surface area contributed by atoms with Crippen molar-refractivity contribution in [2.24, 2.45) is 0 Å². The normalized spacial score (nSPS) is 14.2. The third-order valence-electron chi connectivity index (χ3n) is 4.45. The van der Waals surface area contributed by atoms with Crippen molar-refractivity contribution in [2.75, 3.05) is 44.1 Å². The van der Waals surface area contributed by atoms with Crippen LogP contribution < -0.4 is 19.7 Å². The zero-order chi connectivity index (χ0) is 17.5. The van der Waals surface area contributed by atoms with E-state index in [2.05, 4.69) is 26.3 Å². The second kappa shape index (κ2) is 8.55. The van der Waals surface area contributed by atoms with Gasteiger partial charge >= 0.3 is 0 Å². The first-order chi connectivity index (χ1) is 12.3. The van der Waals surface area contributed by atoms with E-state index in [9.17, 15) is 0 Å². The first-order valence-corrected chi connectivity index (χ1v) is 8.83. The number of anilines is 2. The largest absolute Gasteiger partial charge is 0.493 e. The Labute approximate surface area is 149 Å². The highest BCUT2D eigenvalue weighted by Gasteiger charge is 2.13. The van der Waals surface area contributed by atoms with Crippen molar-refractivity contribution < 1.29 is 9.47 Å². The fourth-order valence-electron chi connectivity index (χ4n) is 3.06. The van der Waals surface area contributed by atoms with Gasteiger partial charge in [0.25, 0.3) is 0 Å². The van der Waals surface area contributed by atoms with E-state index in [1.807, 2.05) is 24.4 Å². The number of nitrogens with one attached hydrogen (secondary N) is 1. The number of hydrogen-bond donors (Lipinski definition) is 1. The maximum absolute atomic E-state index is 5.35. The molecule has 0 amide bonds. The van der Waals surface area contributed by atoms with Crippen LogP contribution in [0.4, 0.5) is 11.8 Å². The topological polar surface area (TPSA) is 59.5 Å². The summed E-state index contributed by atoms with van der Waals surface area (Å²) >= 11 is 0. The number of benzene rings is 1. The Bertz CT molecular complexity index is 687. The number of ether oxygens (including phenoxy) is 2. The van der Waals surface area contributed by atoms with Crippen LogP contribution in [-0.4, -0.2) is 43.8 Å². The summed E-state index contributed by atoms with van der Waals surface area (Å²) in [6.45, 7) is 2.90. The van der Waals surface area contributed by atoms with Crippen molar-refractivity contribution in [1.82, 2.24) is 9.97 Å². The lowest BCUT2D eigenvalue weighted by Gasteiger charge is -2.26. The van der Waals surface area contributed by atoms with Gasteiger partial charge in [-0.25, -0.2) is 4.98 Å². The predicted molar refractivity (Wildman–Crippen MR) is 99.8 cm³/mol. The van der Waals surface area contributed by atoms with E-state index in [0.29, 0.717) is 0 Å². The molecule has 0 bridgehead atoms. The van der Waals surface area contributed by atoms with E-state index in [0.717, 1.165) is 49.3 Å². The molecule has 1 N–H and O–H groups in total. The van der Waals surface area contributed by atoms with Gasteiger partial charge in [0.2, 0.25) is 5.95 Å². The molecule has 6 nitrogen and oxygen atoms in total. The van der Waals surface area contributed by atoms with Gasteiger partial charge in [0.05, 0.1) is 14.2 Å². The molecule has 0 radical (unpaired) electrons. The molecule has 2 aromatic rings. The molecule has 1 aliphatic rings. The third kappa shape index (κ3) is 4.53. The molecule has 0 aliphatic carbocycles. The van der Waals surface area contributed by atoms with Crippen molar-refractivity contribution in [2.45, 2.75) is 25.7 Å². The molecule has 0 atom stereocenters. The van der Waals surface area contributed by atoms with Crippen molar-refractivity contribution >= 4 is 11.8 Å². The molecular formula is C19H26N4O2. The van der Waals surface area contributed by atoms with Crippen molar-refractivity contribution in [3.05, 3.63) is 36.0 Å². The maximum Gasteiger partial charge on any atom is 0.227 e. The Balaban J connectivity index is 1.57. The summed E-state index contributed by atoms with van der Waals surface area (Å²) in [5, 5.41) is 3.39. The second-order valence-electron chi connectivity index (χ2n) is 6.16. The van der Waals surface area contributed by atoms with E-state index < -0.39 is 0 Å². The molecule has 6 heteroatoms. The minimum absolute atomic E-state index is 0.751. The van der Waals surface area contributed by atoms with Gasteiger partial charge < -0.3 is 19.7 Å². The van der Waals surface area contributed by atoms with Gasteiger partial charge in [0, 0.05) is 25.8 Å². The van der Waals surface area contributed by atoms with Crippen LogP contribution in [0.25, 0.3) is 0 Å². The zero-order valence-corrected chi connectivity index (χ0v) is 15.0. The van der Waals surface area contributed by atoms with Crippen LogP contribution >= 0.6 is 0 Å². The van der Waals surface area contributed by atoms with E-state index in [4.69, 9.17) is 9.47 Å². The molecule has 1 aromatic heterocycles. The summed E-state index contributed by atoms with van der Waals surface area (Å²) in [6, 6.07) is 7.93. The highest BCUT2D eigenvalue weighted by atomic mass is 16.5. The predicted octanol–water partition coefficient (Wildman–Crippen LogP) is 3.14. The summed E-state index contributed by atoms with van der Waals surface area (Å²) < 4.78 is 10.6. The first-order valence-electron chi connectivity index (χ1n) is 8.83. The third-order valence-corrected chi connectivity index (χ3v) is 4.45. The summed E-state index contributed by atoms with van der Waals surface area (Å²) in [7, 11) is 3.30. The van der Waals surface area contributed by atoms with Gasteiger partial charge in [-0.3, -0.25) is 0 Å². The van der Waals surface area contributed by atoms with Crippen LogP contribution in [0.3, 0.4) is 0 Å². The van der Waals surface area contributed by atoms with Crippen LogP contribution in [0.2, 0.25) is 0 Å². The summed E-state index contributed by atoms with van der Waals surface area (Å²) in [5.74, 6) is 3.21. The lowest BCUT2D eigenvalue weighted by Crippen LogP contribution is -2.31. The summed E-state index contributed by atoms with van der Waals surface area (Å²) in [5.41, 5.74) is 1.19. The number of methoxy groups -OCH3 is 2.